The van der Waals surface area contributed by atoms with E-state index in [1.54, 1.807) is 0 Å². The van der Waals surface area contributed by atoms with Crippen LogP contribution in [0.25, 0.3) is 0 Å². The molecule has 2 rings (SSSR count). The first-order valence-electron chi connectivity index (χ1n) is 6.69. The van der Waals surface area contributed by atoms with Crippen LogP contribution in [0.3, 0.4) is 0 Å². The van der Waals surface area contributed by atoms with Gasteiger partial charge < -0.3 is 5.73 Å². The molecule has 0 spiro atoms. The fourth-order valence-corrected chi connectivity index (χ4v) is 2.22. The summed E-state index contributed by atoms with van der Waals surface area (Å²) in [6, 6.07) is 9.18. The van der Waals surface area contributed by atoms with E-state index in [9.17, 15) is 0 Å². The summed E-state index contributed by atoms with van der Waals surface area (Å²) >= 11 is 0. The lowest BCUT2D eigenvalue weighted by molar-refractivity contribution is 0.226. The van der Waals surface area contributed by atoms with Gasteiger partial charge in [-0.25, -0.2) is 0 Å². The van der Waals surface area contributed by atoms with E-state index in [2.05, 4.69) is 55.0 Å². The average molecular weight is 242 g/mol. The van der Waals surface area contributed by atoms with Gasteiger partial charge in [0.2, 0.25) is 0 Å². The molecular weight excluding hydrogens is 220 g/mol. The first-order valence-corrected chi connectivity index (χ1v) is 6.69. The lowest BCUT2D eigenvalue weighted by Crippen LogP contribution is -2.30. The molecule has 18 heavy (non-hydrogen) atoms. The normalized spacial score (nSPS) is 16.2. The third-order valence-electron chi connectivity index (χ3n) is 3.72. The molecule has 0 aliphatic heterocycles. The highest BCUT2D eigenvalue weighted by Crippen LogP contribution is 2.35. The summed E-state index contributed by atoms with van der Waals surface area (Å²) in [6.45, 7) is 3.77. The molecule has 1 unspecified atom stereocenters. The minimum Gasteiger partial charge on any atom is -0.320 e. The molecule has 1 fully saturated rings. The maximum absolute atomic E-state index is 5.36. The third-order valence-corrected chi connectivity index (χ3v) is 3.72. The summed E-state index contributed by atoms with van der Waals surface area (Å²) in [5.74, 6) is 6.84. The fraction of sp³-hybridized carbons (Fsp3) is 0.500. The maximum Gasteiger partial charge on any atom is 0.0555 e. The molecule has 1 aliphatic rings. The van der Waals surface area contributed by atoms with Crippen molar-refractivity contribution in [3.05, 3.63) is 35.4 Å². The molecule has 0 amide bonds. The van der Waals surface area contributed by atoms with Crippen LogP contribution >= 0.6 is 0 Å². The number of benzene rings is 1. The fourth-order valence-electron chi connectivity index (χ4n) is 2.22. The maximum atomic E-state index is 5.36. The van der Waals surface area contributed by atoms with Crippen molar-refractivity contribution in [1.29, 1.82) is 0 Å². The number of nitrogens with two attached hydrogens (primary N) is 1. The van der Waals surface area contributed by atoms with Crippen molar-refractivity contribution in [2.75, 3.05) is 13.6 Å². The van der Waals surface area contributed by atoms with E-state index in [1.807, 2.05) is 0 Å². The van der Waals surface area contributed by atoms with Gasteiger partial charge in [-0.15, -0.1) is 0 Å². The average Bonchev–Trinajstić information content (AvgIpc) is 3.21. The highest BCUT2D eigenvalue weighted by atomic mass is 15.1. The van der Waals surface area contributed by atoms with Gasteiger partial charge in [-0.2, -0.15) is 0 Å². The van der Waals surface area contributed by atoms with E-state index >= 15 is 0 Å². The van der Waals surface area contributed by atoms with Crippen LogP contribution < -0.4 is 5.73 Å². The lowest BCUT2D eigenvalue weighted by atomic mass is 10.1. The van der Waals surface area contributed by atoms with Gasteiger partial charge in [0.05, 0.1) is 6.54 Å². The Balaban J connectivity index is 1.92. The van der Waals surface area contributed by atoms with Crippen LogP contribution in [0.2, 0.25) is 0 Å². The molecule has 1 atom stereocenters. The molecule has 2 nitrogen and oxygen atoms in total. The van der Waals surface area contributed by atoms with Gasteiger partial charge in [-0.3, -0.25) is 4.90 Å². The first-order chi connectivity index (χ1) is 8.70. The Labute approximate surface area is 110 Å². The van der Waals surface area contributed by atoms with Crippen LogP contribution in [0, 0.1) is 17.8 Å². The topological polar surface area (TPSA) is 29.3 Å². The van der Waals surface area contributed by atoms with E-state index in [1.165, 1.54) is 18.4 Å². The van der Waals surface area contributed by atoms with Crippen LogP contribution in [0.4, 0.5) is 0 Å². The molecule has 1 saturated carbocycles. The Morgan fingerprint density at radius 2 is 2.00 bits per heavy atom. The highest BCUT2D eigenvalue weighted by molar-refractivity contribution is 5.36. The largest absolute Gasteiger partial charge is 0.320 e. The molecular formula is C16H22N2. The zero-order valence-corrected chi connectivity index (χ0v) is 11.3. The molecule has 1 aromatic carbocycles. The Morgan fingerprint density at radius 3 is 2.56 bits per heavy atom. The molecule has 1 aromatic rings. The van der Waals surface area contributed by atoms with Gasteiger partial charge in [0.25, 0.3) is 0 Å². The van der Waals surface area contributed by atoms with Crippen LogP contribution in [-0.2, 0) is 6.54 Å². The number of nitrogens with zero attached hydrogens (tertiary/aromatic N) is 1. The summed E-state index contributed by atoms with van der Waals surface area (Å²) in [4.78, 5) is 2.44. The molecule has 0 bridgehead atoms. The van der Waals surface area contributed by atoms with Crippen LogP contribution in [0.1, 0.15) is 30.9 Å². The molecule has 0 radical (unpaired) electrons. The van der Waals surface area contributed by atoms with Gasteiger partial charge in [0.15, 0.2) is 0 Å². The predicted octanol–water partition coefficient (Wildman–Crippen LogP) is 2.23. The van der Waals surface area contributed by atoms with E-state index in [0.29, 0.717) is 12.6 Å². The Morgan fingerprint density at radius 1 is 1.33 bits per heavy atom. The Kier molecular flexibility index (Phi) is 4.41. The van der Waals surface area contributed by atoms with Crippen LogP contribution in [0.5, 0.6) is 0 Å². The van der Waals surface area contributed by atoms with E-state index in [4.69, 9.17) is 5.73 Å². The molecule has 2 N–H and O–H groups in total. The molecule has 0 aromatic heterocycles. The quantitative estimate of drug-likeness (QED) is 0.820. The Hall–Kier alpha value is -1.30. The van der Waals surface area contributed by atoms with Crippen LogP contribution in [0.15, 0.2) is 24.3 Å². The SMILES string of the molecule is CC(C1CC1)N(C)Cc1ccc(C#CCN)cc1. The van der Waals surface area contributed by atoms with E-state index < -0.39 is 0 Å². The predicted molar refractivity (Wildman–Crippen MR) is 76.0 cm³/mol. The molecule has 1 aliphatic carbocycles. The second-order valence-corrected chi connectivity index (χ2v) is 5.20. The van der Waals surface area contributed by atoms with Crippen molar-refractivity contribution in [2.24, 2.45) is 11.7 Å². The monoisotopic (exact) mass is 242 g/mol. The molecule has 96 valence electrons. The van der Waals surface area contributed by atoms with Gasteiger partial charge >= 0.3 is 0 Å². The zero-order chi connectivity index (χ0) is 13.0. The zero-order valence-electron chi connectivity index (χ0n) is 11.3. The minimum atomic E-state index is 0.420. The second-order valence-electron chi connectivity index (χ2n) is 5.20. The first kappa shape index (κ1) is 13.1. The van der Waals surface area contributed by atoms with Crippen molar-refractivity contribution in [3.8, 4) is 11.8 Å². The molecule has 0 saturated heterocycles. The Bertz CT molecular complexity index is 434. The van der Waals surface area contributed by atoms with Crippen LogP contribution in [-0.4, -0.2) is 24.5 Å². The number of hydrogen-bond donors (Lipinski definition) is 1. The summed E-state index contributed by atoms with van der Waals surface area (Å²) in [7, 11) is 2.21. The van der Waals surface area contributed by atoms with Gasteiger partial charge in [0, 0.05) is 18.2 Å². The highest BCUT2D eigenvalue weighted by Gasteiger charge is 2.30. The van der Waals surface area contributed by atoms with Gasteiger partial charge in [0.1, 0.15) is 0 Å². The smallest absolute Gasteiger partial charge is 0.0555 e. The molecule has 0 heterocycles. The lowest BCUT2D eigenvalue weighted by Gasteiger charge is -2.24. The number of hydrogen-bond acceptors (Lipinski definition) is 2. The summed E-state index contributed by atoms with van der Waals surface area (Å²) in [6.07, 6.45) is 2.80. The van der Waals surface area contributed by atoms with Crippen molar-refractivity contribution in [3.63, 3.8) is 0 Å². The summed E-state index contributed by atoms with van der Waals surface area (Å²) < 4.78 is 0. The number of rotatable bonds is 4. The second kappa shape index (κ2) is 6.04. The standard InChI is InChI=1S/C16H22N2/c1-13(16-9-10-16)18(2)12-15-7-5-14(6-8-15)4-3-11-17/h5-8,13,16H,9-12,17H2,1-2H3. The van der Waals surface area contributed by atoms with Gasteiger partial charge in [-0.1, -0.05) is 24.0 Å². The van der Waals surface area contributed by atoms with E-state index in [0.717, 1.165) is 18.0 Å². The van der Waals surface area contributed by atoms with Crippen molar-refractivity contribution in [1.82, 2.24) is 4.90 Å². The van der Waals surface area contributed by atoms with Gasteiger partial charge in [-0.05, 0) is 50.4 Å². The minimum absolute atomic E-state index is 0.420. The van der Waals surface area contributed by atoms with E-state index in [-0.39, 0.29) is 0 Å². The van der Waals surface area contributed by atoms with Crippen molar-refractivity contribution < 1.29 is 0 Å². The third kappa shape index (κ3) is 3.60. The molecule has 2 heteroatoms. The van der Waals surface area contributed by atoms with Crippen molar-refractivity contribution in [2.45, 2.75) is 32.4 Å². The summed E-state index contributed by atoms with van der Waals surface area (Å²) in [5, 5.41) is 0. The van der Waals surface area contributed by atoms with Crippen molar-refractivity contribution >= 4 is 0 Å². The summed E-state index contributed by atoms with van der Waals surface area (Å²) in [5.41, 5.74) is 7.75.